The SMILES string of the molecule is CSCC(=O)N[C@@H](CCCN=C(N)N[N+](=O)[O-])C(=O)N[C@@H](CC(C)C)B1O[C@@H]2C[C@H]3C[C@H](C3(C)C)[C@]2(C)O1. The van der Waals surface area contributed by atoms with E-state index in [1.165, 1.54) is 11.8 Å². The second-order valence-corrected chi connectivity index (χ2v) is 12.8. The Kier molecular flexibility index (Phi) is 9.96. The van der Waals surface area contributed by atoms with Crippen LogP contribution in [-0.4, -0.2) is 72.2 Å². The molecule has 4 rings (SSSR count). The summed E-state index contributed by atoms with van der Waals surface area (Å²) in [6.45, 7) is 11.1. The van der Waals surface area contributed by atoms with Crippen LogP contribution >= 0.6 is 11.8 Å². The molecule has 14 heteroatoms. The first-order valence-corrected chi connectivity index (χ1v) is 14.8. The number of rotatable bonds is 13. The molecule has 0 spiro atoms. The van der Waals surface area contributed by atoms with Crippen LogP contribution in [0.15, 0.2) is 4.99 Å². The molecule has 12 nitrogen and oxygen atoms in total. The minimum Gasteiger partial charge on any atom is -0.404 e. The molecular formula is C24H43BN6O6S. The van der Waals surface area contributed by atoms with Crippen LogP contribution in [0.5, 0.6) is 0 Å². The Morgan fingerprint density at radius 1 is 1.26 bits per heavy atom. The van der Waals surface area contributed by atoms with Crippen molar-refractivity contribution in [2.24, 2.45) is 33.9 Å². The lowest BCUT2D eigenvalue weighted by molar-refractivity contribution is -0.525. The van der Waals surface area contributed by atoms with Crippen LogP contribution in [0.3, 0.4) is 0 Å². The topological polar surface area (TPSA) is 170 Å². The molecule has 4 aliphatic rings. The Balaban J connectivity index is 1.67. The van der Waals surface area contributed by atoms with Gasteiger partial charge in [0.15, 0.2) is 5.03 Å². The van der Waals surface area contributed by atoms with Crippen molar-refractivity contribution in [2.75, 3.05) is 18.6 Å². The minimum absolute atomic E-state index is 0.00372. The molecule has 0 aromatic carbocycles. The molecule has 1 saturated heterocycles. The molecule has 2 bridgehead atoms. The average molecular weight is 555 g/mol. The molecule has 3 aliphatic carbocycles. The van der Waals surface area contributed by atoms with Gasteiger partial charge in [0.25, 0.3) is 5.96 Å². The van der Waals surface area contributed by atoms with Crippen molar-refractivity contribution >= 4 is 36.7 Å². The molecule has 0 radical (unpaired) electrons. The molecule has 0 unspecified atom stereocenters. The van der Waals surface area contributed by atoms with Crippen LogP contribution in [0.4, 0.5) is 0 Å². The number of carbonyl (C=O) groups is 2. The highest BCUT2D eigenvalue weighted by molar-refractivity contribution is 7.99. The predicted molar refractivity (Wildman–Crippen MR) is 148 cm³/mol. The van der Waals surface area contributed by atoms with E-state index in [-0.39, 0.29) is 59.1 Å². The summed E-state index contributed by atoms with van der Waals surface area (Å²) in [6, 6.07) is -0.796. The van der Waals surface area contributed by atoms with E-state index in [1.807, 2.05) is 6.26 Å². The van der Waals surface area contributed by atoms with Crippen LogP contribution in [-0.2, 0) is 18.9 Å². The smallest absolute Gasteiger partial charge is 0.404 e. The molecule has 1 heterocycles. The summed E-state index contributed by atoms with van der Waals surface area (Å²) in [5.41, 5.74) is 7.08. The number of nitrogens with zero attached hydrogens (tertiary/aromatic N) is 2. The molecule has 4 fully saturated rings. The Labute approximate surface area is 229 Å². The number of amides is 2. The van der Waals surface area contributed by atoms with Gasteiger partial charge in [-0.25, -0.2) is 15.1 Å². The van der Waals surface area contributed by atoms with Gasteiger partial charge in [0, 0.05) is 6.54 Å². The number of hydrogen-bond acceptors (Lipinski definition) is 8. The number of nitrogens with one attached hydrogen (secondary N) is 3. The van der Waals surface area contributed by atoms with E-state index in [1.54, 1.807) is 5.43 Å². The number of carbonyl (C=O) groups excluding carboxylic acids is 2. The minimum atomic E-state index is -0.796. The number of nitro groups is 1. The largest absolute Gasteiger partial charge is 0.481 e. The lowest BCUT2D eigenvalue weighted by atomic mass is 9.43. The van der Waals surface area contributed by atoms with Gasteiger partial charge in [0.2, 0.25) is 11.8 Å². The van der Waals surface area contributed by atoms with Gasteiger partial charge < -0.3 is 25.7 Å². The normalized spacial score (nSPS) is 29.2. The number of hydrazine groups is 1. The third kappa shape index (κ3) is 6.92. The first-order chi connectivity index (χ1) is 17.8. The van der Waals surface area contributed by atoms with Crippen molar-refractivity contribution in [3.63, 3.8) is 0 Å². The maximum absolute atomic E-state index is 13.5. The Morgan fingerprint density at radius 3 is 2.58 bits per heavy atom. The van der Waals surface area contributed by atoms with Gasteiger partial charge in [-0.2, -0.15) is 11.8 Å². The molecule has 5 N–H and O–H groups in total. The summed E-state index contributed by atoms with van der Waals surface area (Å²) in [7, 11) is -0.563. The fourth-order valence-corrected chi connectivity index (χ4v) is 6.71. The predicted octanol–water partition coefficient (Wildman–Crippen LogP) is 1.51. The van der Waals surface area contributed by atoms with Crippen LogP contribution in [0.2, 0.25) is 0 Å². The number of thioether (sulfide) groups is 1. The highest BCUT2D eigenvalue weighted by Gasteiger charge is 2.68. The third-order valence-corrected chi connectivity index (χ3v) is 8.97. The molecule has 6 atom stereocenters. The maximum Gasteiger partial charge on any atom is 0.481 e. The summed E-state index contributed by atoms with van der Waals surface area (Å²) in [4.78, 5) is 40.2. The van der Waals surface area contributed by atoms with Crippen molar-refractivity contribution in [1.29, 1.82) is 0 Å². The van der Waals surface area contributed by atoms with Crippen molar-refractivity contribution in [3.05, 3.63) is 10.1 Å². The first-order valence-electron chi connectivity index (χ1n) is 13.4. The molecule has 1 aliphatic heterocycles. The monoisotopic (exact) mass is 554 g/mol. The highest BCUT2D eigenvalue weighted by Crippen LogP contribution is 2.65. The average Bonchev–Trinajstić information content (AvgIpc) is 3.17. The van der Waals surface area contributed by atoms with Crippen LogP contribution in [0, 0.1) is 33.3 Å². The summed E-state index contributed by atoms with van der Waals surface area (Å²) >= 11 is 1.36. The molecule has 38 heavy (non-hydrogen) atoms. The van der Waals surface area contributed by atoms with Gasteiger partial charge in [0.1, 0.15) is 6.04 Å². The zero-order valence-corrected chi connectivity index (χ0v) is 24.1. The molecule has 214 valence electrons. The van der Waals surface area contributed by atoms with Crippen molar-refractivity contribution < 1.29 is 23.9 Å². The second kappa shape index (κ2) is 12.4. The van der Waals surface area contributed by atoms with Gasteiger partial charge in [-0.3, -0.25) is 9.59 Å². The Hall–Kier alpha value is -2.06. The molecule has 3 saturated carbocycles. The number of guanidine groups is 1. The van der Waals surface area contributed by atoms with E-state index in [0.29, 0.717) is 31.1 Å². The quantitative estimate of drug-likeness (QED) is 0.0658. The zero-order valence-electron chi connectivity index (χ0n) is 23.3. The van der Waals surface area contributed by atoms with E-state index in [4.69, 9.17) is 15.0 Å². The van der Waals surface area contributed by atoms with Crippen molar-refractivity contribution in [3.8, 4) is 0 Å². The van der Waals surface area contributed by atoms with E-state index in [0.717, 1.165) is 12.8 Å². The lowest BCUT2D eigenvalue weighted by Crippen LogP contribution is -2.65. The van der Waals surface area contributed by atoms with E-state index in [9.17, 15) is 19.7 Å². The van der Waals surface area contributed by atoms with Crippen molar-refractivity contribution in [2.45, 2.75) is 90.4 Å². The Bertz CT molecular complexity index is 923. The fraction of sp³-hybridized carbons (Fsp3) is 0.875. The van der Waals surface area contributed by atoms with E-state index in [2.05, 4.69) is 50.2 Å². The summed E-state index contributed by atoms with van der Waals surface area (Å²) in [5.74, 6) is 0.296. The Morgan fingerprint density at radius 2 is 1.97 bits per heavy atom. The van der Waals surface area contributed by atoms with Gasteiger partial charge in [0.05, 0.1) is 23.4 Å². The van der Waals surface area contributed by atoms with Crippen LogP contribution < -0.4 is 21.8 Å². The van der Waals surface area contributed by atoms with Gasteiger partial charge in [-0.05, 0) is 68.5 Å². The number of aliphatic imine (C=N–C) groups is 1. The van der Waals surface area contributed by atoms with E-state index >= 15 is 0 Å². The standard InChI is InChI=1S/C24H43BN6O6S/c1-14(2)10-19(25-36-18-12-15-11-17(23(15,3)4)24(18,5)37-25)29-21(33)16(28-20(32)13-38-6)8-7-9-27-22(26)30-31(34)35/h14-19H,7-13H2,1-6H3,(H,28,32)(H,29,33)(H3,26,27,30)/t15-,16+,17-,18-,19+,24+/m1/s1. The van der Waals surface area contributed by atoms with Crippen LogP contribution in [0.25, 0.3) is 0 Å². The second-order valence-electron chi connectivity index (χ2n) is 11.9. The lowest BCUT2D eigenvalue weighted by Gasteiger charge is -2.64. The zero-order chi connectivity index (χ0) is 28.3. The highest BCUT2D eigenvalue weighted by atomic mass is 32.2. The molecule has 2 amide bonds. The van der Waals surface area contributed by atoms with Gasteiger partial charge in [-0.15, -0.1) is 0 Å². The fourth-order valence-electron chi connectivity index (χ4n) is 6.36. The number of hydrogen-bond donors (Lipinski definition) is 4. The third-order valence-electron chi connectivity index (χ3n) is 8.42. The summed E-state index contributed by atoms with van der Waals surface area (Å²) in [6.07, 6.45) is 5.26. The van der Waals surface area contributed by atoms with Gasteiger partial charge in [-0.1, -0.05) is 33.1 Å². The van der Waals surface area contributed by atoms with Crippen molar-refractivity contribution in [1.82, 2.24) is 16.1 Å². The maximum atomic E-state index is 13.5. The van der Waals surface area contributed by atoms with Crippen LogP contribution in [0.1, 0.15) is 66.7 Å². The molecular weight excluding hydrogens is 511 g/mol. The first kappa shape index (κ1) is 30.5. The summed E-state index contributed by atoms with van der Waals surface area (Å²) in [5, 5.41) is 15.6. The molecule has 0 aromatic heterocycles. The van der Waals surface area contributed by atoms with E-state index < -0.39 is 18.2 Å². The number of nitrogens with two attached hydrogens (primary N) is 1. The molecule has 0 aromatic rings. The van der Waals surface area contributed by atoms with Gasteiger partial charge >= 0.3 is 7.12 Å². The summed E-state index contributed by atoms with van der Waals surface area (Å²) < 4.78 is 13.1.